The van der Waals surface area contributed by atoms with Gasteiger partial charge < -0.3 is 4.90 Å². The van der Waals surface area contributed by atoms with Crippen molar-refractivity contribution in [3.63, 3.8) is 0 Å². The summed E-state index contributed by atoms with van der Waals surface area (Å²) in [5.41, 5.74) is 3.38. The van der Waals surface area contributed by atoms with Gasteiger partial charge in [-0.3, -0.25) is 0 Å². The maximum atomic E-state index is 4.56. The molecule has 0 bridgehead atoms. The average molecular weight is 282 g/mol. The molecule has 2 rings (SSSR count). The fourth-order valence-corrected chi connectivity index (χ4v) is 1.79. The number of isothiocyanates is 1. The molecule has 20 heavy (non-hydrogen) atoms. The van der Waals surface area contributed by atoms with Gasteiger partial charge in [0.05, 0.1) is 22.2 Å². The predicted octanol–water partition coefficient (Wildman–Crippen LogP) is 4.90. The molecule has 0 spiro atoms. The Hall–Kier alpha value is -2.36. The number of nitrogens with zero attached hydrogens (tertiary/aromatic N) is 4. The van der Waals surface area contributed by atoms with Crippen LogP contribution in [0.15, 0.2) is 63.8 Å². The molecule has 2 aromatic rings. The minimum absolute atomic E-state index is 0.757. The van der Waals surface area contributed by atoms with Crippen LogP contribution in [-0.2, 0) is 0 Å². The van der Waals surface area contributed by atoms with E-state index in [-0.39, 0.29) is 0 Å². The van der Waals surface area contributed by atoms with Crippen LogP contribution in [0.5, 0.6) is 0 Å². The molecular formula is C15H14N4S. The highest BCUT2D eigenvalue weighted by Gasteiger charge is 2.01. The van der Waals surface area contributed by atoms with Gasteiger partial charge in [0.25, 0.3) is 0 Å². The lowest BCUT2D eigenvalue weighted by atomic mass is 10.2. The Labute approximate surface area is 123 Å². The first-order valence-corrected chi connectivity index (χ1v) is 6.47. The lowest BCUT2D eigenvalue weighted by Crippen LogP contribution is -2.08. The van der Waals surface area contributed by atoms with Gasteiger partial charge in [-0.15, -0.1) is 5.11 Å². The predicted molar refractivity (Wildman–Crippen MR) is 86.1 cm³/mol. The highest BCUT2D eigenvalue weighted by Crippen LogP contribution is 2.28. The van der Waals surface area contributed by atoms with Crippen LogP contribution in [0.3, 0.4) is 0 Å². The maximum Gasteiger partial charge on any atom is 0.109 e. The number of hydrogen-bond acceptors (Lipinski definition) is 5. The second-order valence-corrected chi connectivity index (χ2v) is 4.49. The Balaban J connectivity index is 2.23. The molecule has 5 heteroatoms. The Bertz CT molecular complexity index is 656. The van der Waals surface area contributed by atoms with E-state index in [2.05, 4.69) is 32.6 Å². The van der Waals surface area contributed by atoms with Crippen molar-refractivity contribution in [3.8, 4) is 0 Å². The van der Waals surface area contributed by atoms with Gasteiger partial charge in [-0.25, -0.2) is 0 Å². The molecule has 100 valence electrons. The standard InChI is InChI=1S/C15H14N4S/c1-19(2)15-6-4-3-5-14(15)18-17-13-9-7-12(8-10-13)16-11-20/h3-10H,1-2H3. The molecule has 0 radical (unpaired) electrons. The third-order valence-corrected chi connectivity index (χ3v) is 2.75. The first-order valence-electron chi connectivity index (χ1n) is 6.07. The molecule has 0 fully saturated rings. The third kappa shape index (κ3) is 3.57. The van der Waals surface area contributed by atoms with Crippen molar-refractivity contribution < 1.29 is 0 Å². The van der Waals surface area contributed by atoms with Crippen LogP contribution in [0.4, 0.5) is 22.7 Å². The molecule has 0 aliphatic carbocycles. The smallest absolute Gasteiger partial charge is 0.109 e. The van der Waals surface area contributed by atoms with E-state index in [1.165, 1.54) is 0 Å². The minimum atomic E-state index is 0.757. The summed E-state index contributed by atoms with van der Waals surface area (Å²) in [6, 6.07) is 15.2. The van der Waals surface area contributed by atoms with E-state index in [0.29, 0.717) is 0 Å². The molecule has 0 saturated heterocycles. The number of hydrogen-bond donors (Lipinski definition) is 0. The van der Waals surface area contributed by atoms with E-state index in [1.807, 2.05) is 67.5 Å². The number of thiocarbonyl (C=S) groups is 1. The SMILES string of the molecule is CN(C)c1ccccc1N=Nc1ccc(N=C=S)cc1. The molecule has 0 saturated carbocycles. The number of aliphatic imine (C=N–C) groups is 1. The summed E-state index contributed by atoms with van der Waals surface area (Å²) in [5.74, 6) is 0. The largest absolute Gasteiger partial charge is 0.376 e. The van der Waals surface area contributed by atoms with Gasteiger partial charge >= 0.3 is 0 Å². The average Bonchev–Trinajstić information content (AvgIpc) is 2.47. The molecule has 0 unspecified atom stereocenters. The van der Waals surface area contributed by atoms with Gasteiger partial charge in [-0.1, -0.05) is 12.1 Å². The van der Waals surface area contributed by atoms with Crippen LogP contribution in [0.1, 0.15) is 0 Å². The molecule has 0 aliphatic heterocycles. The highest BCUT2D eigenvalue weighted by molar-refractivity contribution is 7.78. The number of anilines is 1. The number of benzene rings is 2. The van der Waals surface area contributed by atoms with E-state index in [9.17, 15) is 0 Å². The van der Waals surface area contributed by atoms with Crippen molar-refractivity contribution in [3.05, 3.63) is 48.5 Å². The molecule has 0 atom stereocenters. The fourth-order valence-electron chi connectivity index (χ4n) is 1.69. The summed E-state index contributed by atoms with van der Waals surface area (Å²) >= 11 is 4.56. The molecule has 4 nitrogen and oxygen atoms in total. The summed E-state index contributed by atoms with van der Waals surface area (Å²) in [5, 5.41) is 10.9. The summed E-state index contributed by atoms with van der Waals surface area (Å²) in [4.78, 5) is 5.89. The topological polar surface area (TPSA) is 40.3 Å². The van der Waals surface area contributed by atoms with Crippen molar-refractivity contribution >= 4 is 40.1 Å². The first kappa shape index (κ1) is 14.1. The molecule has 0 aromatic heterocycles. The minimum Gasteiger partial charge on any atom is -0.376 e. The van der Waals surface area contributed by atoms with Crippen molar-refractivity contribution in [2.45, 2.75) is 0 Å². The van der Waals surface area contributed by atoms with E-state index < -0.39 is 0 Å². The zero-order chi connectivity index (χ0) is 14.4. The fraction of sp³-hybridized carbons (Fsp3) is 0.133. The molecule has 0 amide bonds. The molecule has 2 aromatic carbocycles. The summed E-state index contributed by atoms with van der Waals surface area (Å²) in [6.45, 7) is 0. The number of para-hydroxylation sites is 1. The monoisotopic (exact) mass is 282 g/mol. The molecule has 0 N–H and O–H groups in total. The number of rotatable bonds is 4. The summed E-state index contributed by atoms with van der Waals surface area (Å²) in [7, 11) is 3.96. The van der Waals surface area contributed by atoms with Gasteiger partial charge in [-0.2, -0.15) is 10.1 Å². The van der Waals surface area contributed by atoms with Crippen LogP contribution in [0.2, 0.25) is 0 Å². The summed E-state index contributed by atoms with van der Waals surface area (Å²) in [6.07, 6.45) is 0. The normalized spacial score (nSPS) is 10.3. The van der Waals surface area contributed by atoms with Crippen LogP contribution in [0, 0.1) is 0 Å². The Morgan fingerprint density at radius 2 is 1.55 bits per heavy atom. The van der Waals surface area contributed by atoms with E-state index >= 15 is 0 Å². The zero-order valence-electron chi connectivity index (χ0n) is 11.3. The second-order valence-electron chi connectivity index (χ2n) is 4.30. The lowest BCUT2D eigenvalue weighted by molar-refractivity contribution is 1.11. The lowest BCUT2D eigenvalue weighted by Gasteiger charge is -2.13. The van der Waals surface area contributed by atoms with E-state index in [4.69, 9.17) is 0 Å². The maximum absolute atomic E-state index is 4.56. The van der Waals surface area contributed by atoms with Crippen LogP contribution in [0.25, 0.3) is 0 Å². The van der Waals surface area contributed by atoms with Gasteiger partial charge in [0.2, 0.25) is 0 Å². The first-order chi connectivity index (χ1) is 9.70. The van der Waals surface area contributed by atoms with E-state index in [1.54, 1.807) is 0 Å². The Morgan fingerprint density at radius 3 is 2.20 bits per heavy atom. The third-order valence-electron chi connectivity index (χ3n) is 2.66. The van der Waals surface area contributed by atoms with Crippen molar-refractivity contribution in [1.82, 2.24) is 0 Å². The zero-order valence-corrected chi connectivity index (χ0v) is 12.1. The second kappa shape index (κ2) is 6.70. The number of azo groups is 1. The van der Waals surface area contributed by atoms with Crippen LogP contribution in [-0.4, -0.2) is 19.3 Å². The van der Waals surface area contributed by atoms with Crippen molar-refractivity contribution in [1.29, 1.82) is 0 Å². The van der Waals surface area contributed by atoms with Crippen LogP contribution >= 0.6 is 12.2 Å². The molecule has 0 aliphatic rings. The van der Waals surface area contributed by atoms with Gasteiger partial charge in [0.15, 0.2) is 0 Å². The van der Waals surface area contributed by atoms with E-state index in [0.717, 1.165) is 22.7 Å². The molecule has 0 heterocycles. The van der Waals surface area contributed by atoms with Crippen molar-refractivity contribution in [2.75, 3.05) is 19.0 Å². The summed E-state index contributed by atoms with van der Waals surface area (Å²) < 4.78 is 0. The molecular weight excluding hydrogens is 268 g/mol. The van der Waals surface area contributed by atoms with Crippen molar-refractivity contribution in [2.24, 2.45) is 15.2 Å². The van der Waals surface area contributed by atoms with Gasteiger partial charge in [0, 0.05) is 14.1 Å². The Kier molecular flexibility index (Phi) is 4.71. The van der Waals surface area contributed by atoms with Crippen LogP contribution < -0.4 is 4.90 Å². The quantitative estimate of drug-likeness (QED) is 0.454. The highest BCUT2D eigenvalue weighted by atomic mass is 32.1. The van der Waals surface area contributed by atoms with Gasteiger partial charge in [-0.05, 0) is 48.6 Å². The Morgan fingerprint density at radius 1 is 0.900 bits per heavy atom. The van der Waals surface area contributed by atoms with Gasteiger partial charge in [0.1, 0.15) is 5.69 Å².